The average Bonchev–Trinajstić information content (AvgIpc) is 3.84. The van der Waals surface area contributed by atoms with E-state index in [-0.39, 0.29) is 57.2 Å². The number of rotatable bonds is 21. The van der Waals surface area contributed by atoms with E-state index in [2.05, 4.69) is 31.9 Å². The van der Waals surface area contributed by atoms with Crippen molar-refractivity contribution in [2.75, 3.05) is 26.2 Å². The standard InChI is InChI=1S/C36H60N10O11/c1-18(2)15-23(35(55)46-14-7-9-24(46)31(51)39-17-28(49)42-22(36(56)57)11-12-26(38)47)43-30(50)20(5)40-32(52)25-10-8-13-45(25)34(54)21(6)41-33(53)29(19(3)4)44-27(48)16-37/h18-25,29H,7-17,37H2,1-6H3,(H2,38,47)(H,39,51)(H,40,52)(H,41,53)(H,42,49)(H,43,50)(H,44,48)(H,56,57)/t20-,21-,22-,23-,24-,25-,29-/m0/s1. The van der Waals surface area contributed by atoms with Crippen LogP contribution in [0.3, 0.4) is 0 Å². The van der Waals surface area contributed by atoms with Gasteiger partial charge in [-0.15, -0.1) is 0 Å². The first-order valence-corrected chi connectivity index (χ1v) is 19.3. The van der Waals surface area contributed by atoms with E-state index in [0.717, 1.165) is 0 Å². The van der Waals surface area contributed by atoms with Gasteiger partial charge in [0.05, 0.1) is 13.1 Å². The molecule has 0 aromatic carbocycles. The SMILES string of the molecule is CC(C)C[C@H](NC(=O)[C@H](C)NC(=O)[C@@H]1CCCN1C(=O)[C@H](C)NC(=O)[C@@H](NC(=O)CN)C(C)C)C(=O)N1CCC[C@H]1C(=O)NCC(=O)N[C@@H](CCC(N)=O)C(=O)O. The quantitative estimate of drug-likeness (QED) is 0.0547. The van der Waals surface area contributed by atoms with Gasteiger partial charge in [0.25, 0.3) is 0 Å². The Morgan fingerprint density at radius 3 is 1.79 bits per heavy atom. The molecule has 0 aromatic heterocycles. The molecule has 2 saturated heterocycles. The summed E-state index contributed by atoms with van der Waals surface area (Å²) < 4.78 is 0. The Labute approximate surface area is 331 Å². The Bertz CT molecular complexity index is 1520. The molecule has 9 amide bonds. The summed E-state index contributed by atoms with van der Waals surface area (Å²) in [4.78, 5) is 130. The first-order valence-electron chi connectivity index (χ1n) is 19.3. The van der Waals surface area contributed by atoms with Crippen LogP contribution in [-0.4, -0.2) is 143 Å². The highest BCUT2D eigenvalue weighted by Crippen LogP contribution is 2.21. The van der Waals surface area contributed by atoms with Crippen molar-refractivity contribution in [1.82, 2.24) is 41.7 Å². The second kappa shape index (κ2) is 22.4. The Morgan fingerprint density at radius 2 is 1.26 bits per heavy atom. The number of carboxylic acids is 1. The van der Waals surface area contributed by atoms with Crippen molar-refractivity contribution < 1.29 is 53.1 Å². The predicted molar refractivity (Wildman–Crippen MR) is 203 cm³/mol. The van der Waals surface area contributed by atoms with Crippen LogP contribution < -0.4 is 43.4 Å². The summed E-state index contributed by atoms with van der Waals surface area (Å²) in [5.41, 5.74) is 10.4. The van der Waals surface area contributed by atoms with Crippen LogP contribution in [0.5, 0.6) is 0 Å². The molecule has 0 saturated carbocycles. The number of nitrogens with zero attached hydrogens (tertiary/aromatic N) is 2. The van der Waals surface area contributed by atoms with Gasteiger partial charge in [0, 0.05) is 19.5 Å². The Kier molecular flexibility index (Phi) is 18.8. The van der Waals surface area contributed by atoms with Gasteiger partial charge in [-0.05, 0) is 64.2 Å². The number of hydrogen-bond acceptors (Lipinski definition) is 11. The van der Waals surface area contributed by atoms with Gasteiger partial charge in [0.2, 0.25) is 53.2 Å². The van der Waals surface area contributed by atoms with Crippen LogP contribution in [0.25, 0.3) is 0 Å². The summed E-state index contributed by atoms with van der Waals surface area (Å²) in [5.74, 6) is -7.45. The molecule has 2 fully saturated rings. The lowest BCUT2D eigenvalue weighted by molar-refractivity contribution is -0.143. The van der Waals surface area contributed by atoms with Crippen molar-refractivity contribution in [3.05, 3.63) is 0 Å². The molecule has 0 unspecified atom stereocenters. The summed E-state index contributed by atoms with van der Waals surface area (Å²) in [7, 11) is 0. The van der Waals surface area contributed by atoms with Crippen molar-refractivity contribution >= 4 is 59.1 Å². The number of carboxylic acid groups (broad SMARTS) is 1. The zero-order valence-corrected chi connectivity index (χ0v) is 33.6. The number of carbonyl (C=O) groups is 10. The monoisotopic (exact) mass is 808 g/mol. The molecule has 21 nitrogen and oxygen atoms in total. The van der Waals surface area contributed by atoms with Crippen LogP contribution in [0.2, 0.25) is 0 Å². The van der Waals surface area contributed by atoms with Crippen LogP contribution in [-0.2, 0) is 47.9 Å². The minimum Gasteiger partial charge on any atom is -0.480 e. The third kappa shape index (κ3) is 14.6. The van der Waals surface area contributed by atoms with E-state index in [9.17, 15) is 53.1 Å². The molecule has 21 heteroatoms. The fourth-order valence-corrected chi connectivity index (χ4v) is 6.63. The average molecular weight is 809 g/mol. The first kappa shape index (κ1) is 47.8. The van der Waals surface area contributed by atoms with Crippen molar-refractivity contribution in [1.29, 1.82) is 0 Å². The fraction of sp³-hybridized carbons (Fsp3) is 0.722. The second-order valence-corrected chi connectivity index (χ2v) is 15.2. The van der Waals surface area contributed by atoms with Crippen molar-refractivity contribution in [3.8, 4) is 0 Å². The van der Waals surface area contributed by atoms with Crippen LogP contribution in [0.4, 0.5) is 0 Å². The highest BCUT2D eigenvalue weighted by Gasteiger charge is 2.40. The Hall–Kier alpha value is -5.34. The minimum absolute atomic E-state index is 0.0762. The fourth-order valence-electron chi connectivity index (χ4n) is 6.63. The third-order valence-corrected chi connectivity index (χ3v) is 9.67. The Balaban J connectivity index is 2.04. The number of likely N-dealkylation sites (tertiary alicyclic amines) is 2. The summed E-state index contributed by atoms with van der Waals surface area (Å²) in [6.07, 6.45) is 1.21. The molecule has 2 heterocycles. The molecular formula is C36H60N10O11. The molecule has 0 aliphatic carbocycles. The Morgan fingerprint density at radius 1 is 0.684 bits per heavy atom. The number of hydrogen-bond donors (Lipinski definition) is 9. The van der Waals surface area contributed by atoms with E-state index >= 15 is 0 Å². The topological polar surface area (TPSA) is 322 Å². The van der Waals surface area contributed by atoms with E-state index in [1.807, 2.05) is 13.8 Å². The van der Waals surface area contributed by atoms with Crippen molar-refractivity contribution in [2.24, 2.45) is 23.3 Å². The largest absolute Gasteiger partial charge is 0.480 e. The van der Waals surface area contributed by atoms with Crippen molar-refractivity contribution in [3.63, 3.8) is 0 Å². The van der Waals surface area contributed by atoms with Crippen LogP contribution in [0.1, 0.15) is 86.5 Å². The number of nitrogens with one attached hydrogen (secondary N) is 6. The zero-order chi connectivity index (χ0) is 43.1. The van der Waals surface area contributed by atoms with Crippen LogP contribution in [0, 0.1) is 11.8 Å². The molecule has 2 aliphatic heterocycles. The molecule has 2 aliphatic rings. The van der Waals surface area contributed by atoms with Gasteiger partial charge in [-0.3, -0.25) is 43.2 Å². The number of aliphatic carboxylic acids is 1. The minimum atomic E-state index is -1.40. The van der Waals surface area contributed by atoms with Gasteiger partial charge in [0.15, 0.2) is 0 Å². The molecule has 0 spiro atoms. The molecule has 11 N–H and O–H groups in total. The molecule has 57 heavy (non-hydrogen) atoms. The molecule has 0 aromatic rings. The highest BCUT2D eigenvalue weighted by molar-refractivity contribution is 5.98. The smallest absolute Gasteiger partial charge is 0.326 e. The summed E-state index contributed by atoms with van der Waals surface area (Å²) in [6.45, 7) is 9.54. The van der Waals surface area contributed by atoms with E-state index in [4.69, 9.17) is 11.5 Å². The first-order chi connectivity index (χ1) is 26.7. The normalized spacial score (nSPS) is 19.1. The van der Waals surface area contributed by atoms with E-state index < -0.39 is 108 Å². The molecular weight excluding hydrogens is 748 g/mol. The third-order valence-electron chi connectivity index (χ3n) is 9.67. The molecule has 7 atom stereocenters. The lowest BCUT2D eigenvalue weighted by Gasteiger charge is -2.31. The number of nitrogens with two attached hydrogens (primary N) is 2. The van der Waals surface area contributed by atoms with Gasteiger partial charge in [-0.2, -0.15) is 0 Å². The number of carbonyl (C=O) groups excluding carboxylic acids is 9. The maximum absolute atomic E-state index is 13.8. The highest BCUT2D eigenvalue weighted by atomic mass is 16.4. The maximum Gasteiger partial charge on any atom is 0.326 e. The van der Waals surface area contributed by atoms with E-state index in [1.54, 1.807) is 13.8 Å². The maximum atomic E-state index is 13.8. The summed E-state index contributed by atoms with van der Waals surface area (Å²) in [6, 6.07) is -7.50. The van der Waals surface area contributed by atoms with Crippen LogP contribution in [0.15, 0.2) is 0 Å². The molecule has 320 valence electrons. The van der Waals surface area contributed by atoms with E-state index in [1.165, 1.54) is 23.6 Å². The summed E-state index contributed by atoms with van der Waals surface area (Å²) >= 11 is 0. The van der Waals surface area contributed by atoms with Crippen molar-refractivity contribution in [2.45, 2.75) is 129 Å². The van der Waals surface area contributed by atoms with Gasteiger partial charge in [-0.1, -0.05) is 27.7 Å². The zero-order valence-electron chi connectivity index (χ0n) is 33.6. The van der Waals surface area contributed by atoms with Gasteiger partial charge in [0.1, 0.15) is 42.3 Å². The molecule has 0 radical (unpaired) electrons. The molecule has 2 rings (SSSR count). The van der Waals surface area contributed by atoms with Gasteiger partial charge in [-0.25, -0.2) is 4.79 Å². The van der Waals surface area contributed by atoms with Crippen LogP contribution >= 0.6 is 0 Å². The van der Waals surface area contributed by atoms with Gasteiger partial charge < -0.3 is 58.3 Å². The number of amides is 9. The lowest BCUT2D eigenvalue weighted by Crippen LogP contribution is -2.59. The second-order valence-electron chi connectivity index (χ2n) is 15.2. The molecule has 0 bridgehead atoms. The van der Waals surface area contributed by atoms with Gasteiger partial charge >= 0.3 is 5.97 Å². The lowest BCUT2D eigenvalue weighted by atomic mass is 10.0. The number of primary amides is 1. The van der Waals surface area contributed by atoms with E-state index in [0.29, 0.717) is 19.3 Å². The predicted octanol–water partition coefficient (Wildman–Crippen LogP) is -3.44. The summed E-state index contributed by atoms with van der Waals surface area (Å²) in [5, 5.41) is 24.4.